The Kier molecular flexibility index (Phi) is 4.01. The first kappa shape index (κ1) is 15.3. The van der Waals surface area contributed by atoms with Crippen molar-refractivity contribution in [3.8, 4) is 0 Å². The van der Waals surface area contributed by atoms with E-state index in [1.165, 1.54) is 0 Å². The van der Waals surface area contributed by atoms with Gasteiger partial charge in [-0.05, 0) is 48.0 Å². The van der Waals surface area contributed by atoms with Crippen molar-refractivity contribution in [2.75, 3.05) is 13.1 Å². The highest BCUT2D eigenvalue weighted by Crippen LogP contribution is 2.28. The van der Waals surface area contributed by atoms with E-state index < -0.39 is 5.60 Å². The summed E-state index contributed by atoms with van der Waals surface area (Å²) in [5.41, 5.74) is -0.676. The summed E-state index contributed by atoms with van der Waals surface area (Å²) in [7, 11) is 0. The van der Waals surface area contributed by atoms with Crippen LogP contribution in [-0.2, 0) is 4.74 Å². The van der Waals surface area contributed by atoms with Crippen LogP contribution in [0.3, 0.4) is 0 Å². The fourth-order valence-corrected chi connectivity index (χ4v) is 2.08. The minimum absolute atomic E-state index is 0.0639. The van der Waals surface area contributed by atoms with Crippen LogP contribution in [0, 0.1) is 0 Å². The van der Waals surface area contributed by atoms with Crippen molar-refractivity contribution in [1.82, 2.24) is 10.2 Å². The molecule has 0 bridgehead atoms. The highest BCUT2D eigenvalue weighted by Gasteiger charge is 2.43. The van der Waals surface area contributed by atoms with Gasteiger partial charge in [-0.25, -0.2) is 4.79 Å². The van der Waals surface area contributed by atoms with Crippen LogP contribution in [-0.4, -0.2) is 40.8 Å². The lowest BCUT2D eigenvalue weighted by Gasteiger charge is -2.50. The second-order valence-electron chi connectivity index (χ2n) is 7.15. The molecular weight excluding hydrogens is 228 g/mol. The Morgan fingerprint density at radius 3 is 2.33 bits per heavy atom. The summed E-state index contributed by atoms with van der Waals surface area (Å²) in [5.74, 6) is 0. The lowest BCUT2D eigenvalue weighted by molar-refractivity contribution is -0.0235. The zero-order valence-electron chi connectivity index (χ0n) is 12.9. The number of hydrogen-bond acceptors (Lipinski definition) is 3. The highest BCUT2D eigenvalue weighted by molar-refractivity contribution is 5.69. The van der Waals surface area contributed by atoms with Crippen LogP contribution < -0.4 is 5.32 Å². The number of rotatable bonds is 1. The molecule has 1 N–H and O–H groups in total. The van der Waals surface area contributed by atoms with Gasteiger partial charge in [0.15, 0.2) is 0 Å². The van der Waals surface area contributed by atoms with Crippen LogP contribution >= 0.6 is 0 Å². The van der Waals surface area contributed by atoms with E-state index in [0.29, 0.717) is 6.54 Å². The topological polar surface area (TPSA) is 41.6 Å². The predicted octanol–water partition coefficient (Wildman–Crippen LogP) is 2.77. The quantitative estimate of drug-likeness (QED) is 0.784. The highest BCUT2D eigenvalue weighted by atomic mass is 16.6. The van der Waals surface area contributed by atoms with E-state index >= 15 is 0 Å². The third kappa shape index (κ3) is 3.61. The molecule has 1 atom stereocenters. The van der Waals surface area contributed by atoms with Gasteiger partial charge in [0.05, 0.1) is 5.54 Å². The first-order chi connectivity index (χ1) is 7.99. The molecule has 1 aliphatic rings. The molecule has 0 aromatic carbocycles. The van der Waals surface area contributed by atoms with E-state index in [4.69, 9.17) is 4.74 Å². The van der Waals surface area contributed by atoms with Gasteiger partial charge in [0, 0.05) is 18.6 Å². The zero-order valence-corrected chi connectivity index (χ0v) is 12.9. The third-order valence-electron chi connectivity index (χ3n) is 3.53. The van der Waals surface area contributed by atoms with E-state index in [1.807, 2.05) is 25.7 Å². The second-order valence-corrected chi connectivity index (χ2v) is 7.15. The van der Waals surface area contributed by atoms with Gasteiger partial charge in [-0.15, -0.1) is 0 Å². The maximum Gasteiger partial charge on any atom is 0.410 e. The summed E-state index contributed by atoms with van der Waals surface area (Å²) in [6.07, 6.45) is 0.705. The van der Waals surface area contributed by atoms with E-state index in [0.717, 1.165) is 13.0 Å². The normalized spacial score (nSPS) is 28.1. The van der Waals surface area contributed by atoms with Crippen molar-refractivity contribution < 1.29 is 9.53 Å². The molecule has 1 amide bonds. The van der Waals surface area contributed by atoms with E-state index in [1.54, 1.807) is 0 Å². The van der Waals surface area contributed by atoms with Crippen LogP contribution in [0.1, 0.15) is 54.9 Å². The molecule has 0 aromatic rings. The standard InChI is InChI=1S/C14H28N2O2/c1-8-14(7)9-15-13(5,6)10-16(14)11(17)18-12(2,3)4/h15H,8-10H2,1-7H3. The molecule has 0 spiro atoms. The maximum absolute atomic E-state index is 12.4. The van der Waals surface area contributed by atoms with Crippen LogP contribution in [0.2, 0.25) is 0 Å². The Labute approximate surface area is 111 Å². The first-order valence-corrected chi connectivity index (χ1v) is 6.75. The third-order valence-corrected chi connectivity index (χ3v) is 3.53. The van der Waals surface area contributed by atoms with Gasteiger partial charge in [-0.3, -0.25) is 4.90 Å². The molecule has 4 nitrogen and oxygen atoms in total. The SMILES string of the molecule is CCC1(C)CNC(C)(C)CN1C(=O)OC(C)(C)C. The van der Waals surface area contributed by atoms with Crippen LogP contribution in [0.25, 0.3) is 0 Å². The number of piperazine rings is 1. The van der Waals surface area contributed by atoms with Crippen molar-refractivity contribution in [1.29, 1.82) is 0 Å². The van der Waals surface area contributed by atoms with E-state index in [9.17, 15) is 4.79 Å². The van der Waals surface area contributed by atoms with Gasteiger partial charge in [0.2, 0.25) is 0 Å². The monoisotopic (exact) mass is 256 g/mol. The number of nitrogens with zero attached hydrogens (tertiary/aromatic N) is 1. The number of carbonyl (C=O) groups excluding carboxylic acids is 1. The van der Waals surface area contributed by atoms with Gasteiger partial charge in [0.1, 0.15) is 5.60 Å². The molecule has 106 valence electrons. The number of nitrogens with one attached hydrogen (secondary N) is 1. The van der Waals surface area contributed by atoms with Gasteiger partial charge in [-0.1, -0.05) is 6.92 Å². The van der Waals surface area contributed by atoms with Crippen molar-refractivity contribution in [3.63, 3.8) is 0 Å². The summed E-state index contributed by atoms with van der Waals surface area (Å²) >= 11 is 0. The molecule has 1 unspecified atom stereocenters. The summed E-state index contributed by atoms with van der Waals surface area (Å²) < 4.78 is 5.53. The van der Waals surface area contributed by atoms with Crippen molar-refractivity contribution in [3.05, 3.63) is 0 Å². The average Bonchev–Trinajstić information content (AvgIpc) is 2.19. The molecule has 0 aromatic heterocycles. The molecule has 1 saturated heterocycles. The minimum atomic E-state index is -0.444. The number of hydrogen-bond donors (Lipinski definition) is 1. The maximum atomic E-state index is 12.4. The fourth-order valence-electron chi connectivity index (χ4n) is 2.08. The lowest BCUT2D eigenvalue weighted by Crippen LogP contribution is -2.68. The first-order valence-electron chi connectivity index (χ1n) is 6.75. The smallest absolute Gasteiger partial charge is 0.410 e. The Hall–Kier alpha value is -0.770. The molecule has 0 aliphatic carbocycles. The molecule has 4 heteroatoms. The van der Waals surface area contributed by atoms with E-state index in [-0.39, 0.29) is 17.2 Å². The van der Waals surface area contributed by atoms with Crippen LogP contribution in [0.15, 0.2) is 0 Å². The molecule has 1 aliphatic heterocycles. The molecule has 1 heterocycles. The minimum Gasteiger partial charge on any atom is -0.444 e. The number of carbonyl (C=O) groups is 1. The van der Waals surface area contributed by atoms with Crippen molar-refractivity contribution in [2.45, 2.75) is 71.6 Å². The Morgan fingerprint density at radius 1 is 1.33 bits per heavy atom. The van der Waals surface area contributed by atoms with Gasteiger partial charge < -0.3 is 10.1 Å². The lowest BCUT2D eigenvalue weighted by atomic mass is 9.88. The summed E-state index contributed by atoms with van der Waals surface area (Å²) in [5, 5.41) is 3.50. The van der Waals surface area contributed by atoms with Gasteiger partial charge >= 0.3 is 6.09 Å². The number of amides is 1. The molecule has 0 saturated carbocycles. The zero-order chi connectivity index (χ0) is 14.2. The summed E-state index contributed by atoms with van der Waals surface area (Å²) in [6, 6.07) is 0. The predicted molar refractivity (Wildman–Crippen MR) is 73.7 cm³/mol. The Bertz CT molecular complexity index is 320. The van der Waals surface area contributed by atoms with Crippen LogP contribution in [0.4, 0.5) is 4.79 Å². The fraction of sp³-hybridized carbons (Fsp3) is 0.929. The Morgan fingerprint density at radius 2 is 1.89 bits per heavy atom. The van der Waals surface area contributed by atoms with Gasteiger partial charge in [0.25, 0.3) is 0 Å². The average molecular weight is 256 g/mol. The van der Waals surface area contributed by atoms with E-state index in [2.05, 4.69) is 33.0 Å². The summed E-state index contributed by atoms with van der Waals surface area (Å²) in [4.78, 5) is 14.2. The van der Waals surface area contributed by atoms with Crippen molar-refractivity contribution >= 4 is 6.09 Å². The molecule has 1 fully saturated rings. The number of ether oxygens (including phenoxy) is 1. The second kappa shape index (κ2) is 4.72. The largest absolute Gasteiger partial charge is 0.444 e. The molecule has 18 heavy (non-hydrogen) atoms. The van der Waals surface area contributed by atoms with Crippen molar-refractivity contribution in [2.24, 2.45) is 0 Å². The van der Waals surface area contributed by atoms with Crippen LogP contribution in [0.5, 0.6) is 0 Å². The summed E-state index contributed by atoms with van der Waals surface area (Å²) in [6.45, 7) is 15.6. The molecular formula is C14H28N2O2. The Balaban J connectivity index is 2.89. The molecule has 0 radical (unpaired) electrons. The van der Waals surface area contributed by atoms with Gasteiger partial charge in [-0.2, -0.15) is 0 Å². The molecule has 1 rings (SSSR count).